The molecule has 13 heavy (non-hydrogen) atoms. The number of hydrogen-bond acceptors (Lipinski definition) is 1. The summed E-state index contributed by atoms with van der Waals surface area (Å²) >= 11 is 0. The molecule has 0 aliphatic carbocycles. The number of rotatable bonds is 0. The fourth-order valence-electron chi connectivity index (χ4n) is 2.29. The van der Waals surface area contributed by atoms with Crippen LogP contribution in [-0.4, -0.2) is 23.9 Å². The van der Waals surface area contributed by atoms with Crippen LogP contribution in [0.1, 0.15) is 41.0 Å². The van der Waals surface area contributed by atoms with Gasteiger partial charge in [-0.05, 0) is 27.7 Å². The Labute approximate surface area is 81.3 Å². The fraction of sp³-hybridized carbons (Fsp3) is 0.909. The smallest absolute Gasteiger partial charge is 0.190 e. The molecule has 2 nitrogen and oxygen atoms in total. The van der Waals surface area contributed by atoms with Crippen molar-refractivity contribution in [1.29, 1.82) is 0 Å². The highest BCUT2D eigenvalue weighted by molar-refractivity contribution is 5.83. The Bertz CT molecular complexity index is 205. The van der Waals surface area contributed by atoms with Gasteiger partial charge in [0, 0.05) is 12.3 Å². The Morgan fingerprint density at radius 1 is 1.31 bits per heavy atom. The van der Waals surface area contributed by atoms with Crippen LogP contribution in [0, 0.1) is 5.92 Å². The molecule has 1 rings (SSSR count). The molecule has 0 aromatic rings. The van der Waals surface area contributed by atoms with Gasteiger partial charge in [-0.25, -0.2) is 0 Å². The maximum Gasteiger partial charge on any atom is 0.190 e. The third-order valence-corrected chi connectivity index (χ3v) is 3.09. The zero-order chi connectivity index (χ0) is 10.2. The van der Waals surface area contributed by atoms with Crippen LogP contribution in [0.15, 0.2) is 0 Å². The van der Waals surface area contributed by atoms with Crippen LogP contribution < -0.4 is 4.90 Å². The molecule has 0 bridgehead atoms. The van der Waals surface area contributed by atoms with Crippen LogP contribution in [0.2, 0.25) is 0 Å². The van der Waals surface area contributed by atoms with E-state index in [-0.39, 0.29) is 11.6 Å². The summed E-state index contributed by atoms with van der Waals surface area (Å²) < 4.78 is 0. The molecule has 1 saturated heterocycles. The molecule has 0 aromatic heterocycles. The van der Waals surface area contributed by atoms with E-state index in [9.17, 15) is 4.79 Å². The quantitative estimate of drug-likeness (QED) is 0.587. The normalized spacial score (nSPS) is 36.4. The zero-order valence-corrected chi connectivity index (χ0v) is 9.48. The van der Waals surface area contributed by atoms with Crippen molar-refractivity contribution < 1.29 is 9.69 Å². The highest BCUT2D eigenvalue weighted by atomic mass is 16.1. The molecule has 3 atom stereocenters. The van der Waals surface area contributed by atoms with Crippen LogP contribution >= 0.6 is 0 Å². The van der Waals surface area contributed by atoms with Crippen molar-refractivity contribution in [2.24, 2.45) is 5.92 Å². The predicted octanol–water partition coefficient (Wildman–Crippen LogP) is 0.667. The van der Waals surface area contributed by atoms with Gasteiger partial charge in [0.05, 0.1) is 12.1 Å². The lowest BCUT2D eigenvalue weighted by Crippen LogP contribution is -3.24. The maximum absolute atomic E-state index is 11.6. The molecule has 0 amide bonds. The van der Waals surface area contributed by atoms with Crippen molar-refractivity contribution in [3.8, 4) is 0 Å². The van der Waals surface area contributed by atoms with E-state index in [2.05, 4.69) is 34.6 Å². The molecule has 1 fully saturated rings. The van der Waals surface area contributed by atoms with Gasteiger partial charge in [-0.3, -0.25) is 4.79 Å². The second-order valence-corrected chi connectivity index (χ2v) is 5.48. The molecule has 1 heterocycles. The first-order valence-electron chi connectivity index (χ1n) is 5.21. The van der Waals surface area contributed by atoms with Crippen molar-refractivity contribution in [1.82, 2.24) is 0 Å². The summed E-state index contributed by atoms with van der Waals surface area (Å²) in [5.74, 6) is 0.988. The number of ketones is 1. The van der Waals surface area contributed by atoms with Crippen molar-refractivity contribution in [3.63, 3.8) is 0 Å². The van der Waals surface area contributed by atoms with Gasteiger partial charge in [0.1, 0.15) is 6.04 Å². The summed E-state index contributed by atoms with van der Waals surface area (Å²) in [6, 6.07) is 0.191. The largest absolute Gasteiger partial charge is 0.322 e. The second-order valence-electron chi connectivity index (χ2n) is 5.48. The lowest BCUT2D eigenvalue weighted by molar-refractivity contribution is -0.965. The van der Waals surface area contributed by atoms with Gasteiger partial charge in [-0.1, -0.05) is 6.92 Å². The third kappa shape index (κ3) is 2.31. The molecule has 0 saturated carbocycles. The highest BCUT2D eigenvalue weighted by Gasteiger charge is 2.39. The van der Waals surface area contributed by atoms with E-state index < -0.39 is 0 Å². The number of Topliss-reactive ketones (excluding diaryl/α,β-unsaturated/α-hetero) is 1. The van der Waals surface area contributed by atoms with Crippen LogP contribution in [-0.2, 0) is 4.79 Å². The van der Waals surface area contributed by atoms with Crippen molar-refractivity contribution >= 4 is 5.78 Å². The molecule has 1 N–H and O–H groups in total. The fourth-order valence-corrected chi connectivity index (χ4v) is 2.29. The van der Waals surface area contributed by atoms with Gasteiger partial charge in [0.2, 0.25) is 0 Å². The number of likely N-dealkylation sites (tertiary alicyclic amines) is 1. The van der Waals surface area contributed by atoms with Gasteiger partial charge in [0.15, 0.2) is 5.78 Å². The van der Waals surface area contributed by atoms with E-state index in [0.717, 1.165) is 13.0 Å². The summed E-state index contributed by atoms with van der Waals surface area (Å²) in [5.41, 5.74) is 0.198. The van der Waals surface area contributed by atoms with Crippen LogP contribution in [0.3, 0.4) is 0 Å². The van der Waals surface area contributed by atoms with E-state index >= 15 is 0 Å². The average Bonchev–Trinajstić information content (AvgIpc) is 1.94. The van der Waals surface area contributed by atoms with Crippen molar-refractivity contribution in [3.05, 3.63) is 0 Å². The Hall–Kier alpha value is -0.370. The molecule has 0 radical (unpaired) electrons. The highest BCUT2D eigenvalue weighted by Crippen LogP contribution is 2.09. The SMILES string of the molecule is C[C@@H]1CC(=O)[C@@H](C)[NH+](C(C)(C)C)C1. The van der Waals surface area contributed by atoms with E-state index in [1.54, 1.807) is 0 Å². The second kappa shape index (κ2) is 3.41. The number of piperidine rings is 1. The van der Waals surface area contributed by atoms with E-state index in [1.165, 1.54) is 4.90 Å². The lowest BCUT2D eigenvalue weighted by Gasteiger charge is -2.41. The minimum Gasteiger partial charge on any atom is -0.322 e. The van der Waals surface area contributed by atoms with E-state index in [4.69, 9.17) is 0 Å². The minimum atomic E-state index is 0.191. The van der Waals surface area contributed by atoms with Crippen molar-refractivity contribution in [2.45, 2.75) is 52.6 Å². The zero-order valence-electron chi connectivity index (χ0n) is 9.48. The van der Waals surface area contributed by atoms with Crippen LogP contribution in [0.5, 0.6) is 0 Å². The monoisotopic (exact) mass is 184 g/mol. The minimum absolute atomic E-state index is 0.191. The van der Waals surface area contributed by atoms with Gasteiger partial charge in [-0.15, -0.1) is 0 Å². The van der Waals surface area contributed by atoms with Crippen LogP contribution in [0.25, 0.3) is 0 Å². The number of hydrogen-bond donors (Lipinski definition) is 1. The third-order valence-electron chi connectivity index (χ3n) is 3.09. The molecule has 0 spiro atoms. The molecule has 2 heteroatoms. The van der Waals surface area contributed by atoms with Gasteiger partial charge in [0.25, 0.3) is 0 Å². The van der Waals surface area contributed by atoms with Gasteiger partial charge in [-0.2, -0.15) is 0 Å². The first-order valence-corrected chi connectivity index (χ1v) is 5.21. The lowest BCUT2D eigenvalue weighted by atomic mass is 9.89. The summed E-state index contributed by atoms with van der Waals surface area (Å²) in [6.07, 6.45) is 0.779. The summed E-state index contributed by atoms with van der Waals surface area (Å²) in [5, 5.41) is 0. The van der Waals surface area contributed by atoms with Gasteiger partial charge >= 0.3 is 0 Å². The maximum atomic E-state index is 11.6. The van der Waals surface area contributed by atoms with Crippen LogP contribution in [0.4, 0.5) is 0 Å². The first-order chi connectivity index (χ1) is 5.82. The summed E-state index contributed by atoms with van der Waals surface area (Å²) in [4.78, 5) is 13.1. The Morgan fingerprint density at radius 3 is 2.31 bits per heavy atom. The standard InChI is InChI=1S/C11H21NO/c1-8-6-10(13)9(2)12(7-8)11(3,4)5/h8-9H,6-7H2,1-5H3/p+1/t8-,9-/m1/s1. The molecular weight excluding hydrogens is 162 g/mol. The predicted molar refractivity (Wildman–Crippen MR) is 53.8 cm³/mol. The van der Waals surface area contributed by atoms with Crippen molar-refractivity contribution in [2.75, 3.05) is 6.54 Å². The molecule has 0 aromatic carbocycles. The molecule has 1 aliphatic rings. The average molecular weight is 184 g/mol. The summed E-state index contributed by atoms with van der Waals surface area (Å²) in [6.45, 7) is 12.0. The number of carbonyl (C=O) groups excluding carboxylic acids is 1. The first kappa shape index (κ1) is 10.7. The summed E-state index contributed by atoms with van der Waals surface area (Å²) in [7, 11) is 0. The van der Waals surface area contributed by atoms with E-state index in [0.29, 0.717) is 11.7 Å². The topological polar surface area (TPSA) is 21.5 Å². The molecule has 76 valence electrons. The number of nitrogens with one attached hydrogen (secondary N) is 1. The number of carbonyl (C=O) groups is 1. The Kier molecular flexibility index (Phi) is 2.81. The van der Waals surface area contributed by atoms with E-state index in [1.807, 2.05) is 0 Å². The Morgan fingerprint density at radius 2 is 1.85 bits per heavy atom. The van der Waals surface area contributed by atoms with Gasteiger partial charge < -0.3 is 4.90 Å². The molecule has 1 unspecified atom stereocenters. The molecule has 1 aliphatic heterocycles. The Balaban J connectivity index is 2.78. The number of quaternary nitrogens is 1. The molecular formula is C11H22NO+.